The van der Waals surface area contributed by atoms with Crippen LogP contribution < -0.4 is 4.74 Å². The van der Waals surface area contributed by atoms with Crippen molar-refractivity contribution in [2.75, 3.05) is 26.3 Å². The normalized spacial score (nSPS) is 25.7. The van der Waals surface area contributed by atoms with Crippen LogP contribution in [0.15, 0.2) is 30.6 Å². The molecule has 0 spiro atoms. The van der Waals surface area contributed by atoms with E-state index in [0.717, 1.165) is 38.1 Å². The van der Waals surface area contributed by atoms with E-state index >= 15 is 0 Å². The number of hydrogen-bond donors (Lipinski definition) is 0. The number of rotatable bonds is 7. The average Bonchev–Trinajstić information content (AvgIpc) is 2.59. The third kappa shape index (κ3) is 4.47. The van der Waals surface area contributed by atoms with Gasteiger partial charge in [0.25, 0.3) is 0 Å². The van der Waals surface area contributed by atoms with Crippen LogP contribution in [-0.4, -0.2) is 37.3 Å². The first kappa shape index (κ1) is 19.4. The second kappa shape index (κ2) is 8.53. The molecule has 2 heterocycles. The van der Waals surface area contributed by atoms with Crippen molar-refractivity contribution in [2.45, 2.75) is 52.2 Å². The van der Waals surface area contributed by atoms with Gasteiger partial charge in [0.05, 0.1) is 19.3 Å². The van der Waals surface area contributed by atoms with Crippen LogP contribution >= 0.6 is 0 Å². The van der Waals surface area contributed by atoms with Crippen LogP contribution in [0.1, 0.15) is 50.8 Å². The second-order valence-corrected chi connectivity index (χ2v) is 8.05. The summed E-state index contributed by atoms with van der Waals surface area (Å²) in [7, 11) is 0. The molecule has 0 unspecified atom stereocenters. The number of fused-ring (bicyclic) bond motifs is 3. The third-order valence-corrected chi connectivity index (χ3v) is 5.57. The van der Waals surface area contributed by atoms with E-state index in [2.05, 4.69) is 43.5 Å². The molecule has 0 bridgehead atoms. The molecule has 2 aliphatic heterocycles. The van der Waals surface area contributed by atoms with E-state index < -0.39 is 0 Å². The van der Waals surface area contributed by atoms with Crippen molar-refractivity contribution in [1.29, 1.82) is 0 Å². The molecule has 1 aromatic carbocycles. The first-order valence-electron chi connectivity index (χ1n) is 9.92. The van der Waals surface area contributed by atoms with Gasteiger partial charge >= 0.3 is 0 Å². The number of piperidine rings is 1. The molecule has 3 nitrogen and oxygen atoms in total. The first-order chi connectivity index (χ1) is 12.5. The zero-order valence-electron chi connectivity index (χ0n) is 16.3. The van der Waals surface area contributed by atoms with Crippen LogP contribution in [0.4, 0.5) is 4.39 Å². The number of ether oxygens (including phenoxy) is 2. The van der Waals surface area contributed by atoms with E-state index in [4.69, 9.17) is 9.47 Å². The molecule has 0 saturated carbocycles. The molecular formula is C22H32FNO2. The summed E-state index contributed by atoms with van der Waals surface area (Å²) in [6, 6.07) is 6.84. The van der Waals surface area contributed by atoms with Gasteiger partial charge in [0, 0.05) is 19.1 Å². The standard InChI is InChI=1S/C22H32FNO2/c1-5-25-19-6-7-20-17(11-19)8-9-24-13-18(10-15(2)3)22(12-21(20)24)26-14-16(4)23/h6-7,11,15,18,21-22H,4-5,8-10,12-14H2,1-3H3/t18-,21-,22-/m1/s1. The minimum atomic E-state index is -0.388. The smallest absolute Gasteiger partial charge is 0.119 e. The van der Waals surface area contributed by atoms with Crippen LogP contribution in [0.25, 0.3) is 0 Å². The van der Waals surface area contributed by atoms with Crippen molar-refractivity contribution in [2.24, 2.45) is 11.8 Å². The summed E-state index contributed by atoms with van der Waals surface area (Å²) >= 11 is 0. The van der Waals surface area contributed by atoms with E-state index in [0.29, 0.717) is 24.5 Å². The third-order valence-electron chi connectivity index (χ3n) is 5.57. The van der Waals surface area contributed by atoms with Crippen molar-refractivity contribution < 1.29 is 13.9 Å². The number of benzene rings is 1. The topological polar surface area (TPSA) is 21.7 Å². The molecule has 26 heavy (non-hydrogen) atoms. The highest BCUT2D eigenvalue weighted by atomic mass is 19.1. The van der Waals surface area contributed by atoms with Gasteiger partial charge in [-0.25, -0.2) is 4.39 Å². The molecule has 0 N–H and O–H groups in total. The Morgan fingerprint density at radius 2 is 2.19 bits per heavy atom. The Kier molecular flexibility index (Phi) is 6.36. The van der Waals surface area contributed by atoms with Crippen LogP contribution in [0.2, 0.25) is 0 Å². The van der Waals surface area contributed by atoms with E-state index in [1.54, 1.807) is 0 Å². The van der Waals surface area contributed by atoms with E-state index in [-0.39, 0.29) is 18.5 Å². The zero-order chi connectivity index (χ0) is 18.7. The first-order valence-corrected chi connectivity index (χ1v) is 9.92. The summed E-state index contributed by atoms with van der Waals surface area (Å²) in [4.78, 5) is 2.60. The van der Waals surface area contributed by atoms with Gasteiger partial charge in [-0.1, -0.05) is 26.5 Å². The Bertz CT molecular complexity index is 631. The maximum atomic E-state index is 13.2. The Morgan fingerprint density at radius 1 is 1.38 bits per heavy atom. The SMILES string of the molecule is C=C(F)CO[C@@H]1C[C@@H]2c3ccc(OCC)cc3CCN2C[C@H]1CC(C)C. The molecule has 1 aromatic rings. The van der Waals surface area contributed by atoms with Crippen LogP contribution in [-0.2, 0) is 11.2 Å². The summed E-state index contributed by atoms with van der Waals surface area (Å²) in [5.74, 6) is 1.63. The minimum absolute atomic E-state index is 0.0160. The van der Waals surface area contributed by atoms with Gasteiger partial charge in [0.15, 0.2) is 0 Å². The monoisotopic (exact) mass is 361 g/mol. The Morgan fingerprint density at radius 3 is 2.88 bits per heavy atom. The van der Waals surface area contributed by atoms with E-state index in [1.165, 1.54) is 11.1 Å². The molecule has 1 fully saturated rings. The van der Waals surface area contributed by atoms with Crippen molar-refractivity contribution in [1.82, 2.24) is 4.90 Å². The molecule has 3 atom stereocenters. The van der Waals surface area contributed by atoms with Crippen LogP contribution in [0.5, 0.6) is 5.75 Å². The molecule has 0 amide bonds. The number of hydrogen-bond acceptors (Lipinski definition) is 3. The Balaban J connectivity index is 1.79. The van der Waals surface area contributed by atoms with Gasteiger partial charge in [0.2, 0.25) is 0 Å². The molecule has 0 aliphatic carbocycles. The second-order valence-electron chi connectivity index (χ2n) is 8.05. The fourth-order valence-corrected chi connectivity index (χ4v) is 4.56. The highest BCUT2D eigenvalue weighted by molar-refractivity contribution is 5.39. The molecule has 2 aliphatic rings. The minimum Gasteiger partial charge on any atom is -0.494 e. The lowest BCUT2D eigenvalue weighted by molar-refractivity contribution is -0.0597. The largest absolute Gasteiger partial charge is 0.494 e. The summed E-state index contributed by atoms with van der Waals surface area (Å²) in [6.45, 7) is 12.7. The highest BCUT2D eigenvalue weighted by Gasteiger charge is 2.39. The van der Waals surface area contributed by atoms with Crippen LogP contribution in [0.3, 0.4) is 0 Å². The van der Waals surface area contributed by atoms with E-state index in [9.17, 15) is 4.39 Å². The lowest BCUT2D eigenvalue weighted by Gasteiger charge is -2.47. The summed E-state index contributed by atoms with van der Waals surface area (Å²) in [6.07, 6.45) is 3.19. The Labute approximate surface area is 157 Å². The molecule has 0 aromatic heterocycles. The van der Waals surface area contributed by atoms with Crippen molar-refractivity contribution in [3.63, 3.8) is 0 Å². The number of nitrogens with zero attached hydrogens (tertiary/aromatic N) is 1. The fraction of sp³-hybridized carbons (Fsp3) is 0.636. The number of halogens is 1. The maximum Gasteiger partial charge on any atom is 0.119 e. The van der Waals surface area contributed by atoms with Gasteiger partial charge in [-0.2, -0.15) is 0 Å². The molecule has 0 radical (unpaired) electrons. The van der Waals surface area contributed by atoms with Gasteiger partial charge in [-0.3, -0.25) is 4.90 Å². The van der Waals surface area contributed by atoms with Crippen molar-refractivity contribution >= 4 is 0 Å². The lowest BCUT2D eigenvalue weighted by Crippen LogP contribution is -2.49. The van der Waals surface area contributed by atoms with Gasteiger partial charge in [0.1, 0.15) is 11.6 Å². The van der Waals surface area contributed by atoms with Gasteiger partial charge < -0.3 is 9.47 Å². The zero-order valence-corrected chi connectivity index (χ0v) is 16.3. The predicted octanol–water partition coefficient (Wildman–Crippen LogP) is 4.92. The quantitative estimate of drug-likeness (QED) is 0.688. The molecule has 3 rings (SSSR count). The maximum absolute atomic E-state index is 13.2. The van der Waals surface area contributed by atoms with Crippen molar-refractivity contribution in [3.05, 3.63) is 41.7 Å². The van der Waals surface area contributed by atoms with Gasteiger partial charge in [-0.15, -0.1) is 0 Å². The van der Waals surface area contributed by atoms with Crippen LogP contribution in [0, 0.1) is 11.8 Å². The van der Waals surface area contributed by atoms with Gasteiger partial charge in [-0.05, 0) is 61.3 Å². The Hall–Kier alpha value is -1.39. The molecular weight excluding hydrogens is 329 g/mol. The summed E-state index contributed by atoms with van der Waals surface area (Å²) in [5, 5.41) is 0. The summed E-state index contributed by atoms with van der Waals surface area (Å²) in [5.41, 5.74) is 2.77. The highest BCUT2D eigenvalue weighted by Crippen LogP contribution is 2.42. The fourth-order valence-electron chi connectivity index (χ4n) is 4.56. The molecule has 1 saturated heterocycles. The molecule has 4 heteroatoms. The predicted molar refractivity (Wildman–Crippen MR) is 103 cm³/mol. The van der Waals surface area contributed by atoms with Crippen molar-refractivity contribution in [3.8, 4) is 5.75 Å². The lowest BCUT2D eigenvalue weighted by atomic mass is 9.79. The molecule has 144 valence electrons. The average molecular weight is 362 g/mol. The summed E-state index contributed by atoms with van der Waals surface area (Å²) < 4.78 is 24.8. The van der Waals surface area contributed by atoms with E-state index in [1.807, 2.05) is 6.92 Å².